The minimum absolute atomic E-state index is 0.122. The highest BCUT2D eigenvalue weighted by Gasteiger charge is 2.31. The van der Waals surface area contributed by atoms with E-state index in [1.165, 1.54) is 4.31 Å². The maximum Gasteiger partial charge on any atom is 0.257 e. The molecule has 1 amide bonds. The first-order valence-electron chi connectivity index (χ1n) is 10.3. The van der Waals surface area contributed by atoms with Crippen LogP contribution in [0.4, 0.5) is 0 Å². The first-order chi connectivity index (χ1) is 14.8. The summed E-state index contributed by atoms with van der Waals surface area (Å²) in [6, 6.07) is 15.4. The largest absolute Gasteiger partial charge is 0.336 e. The number of hydrogen-bond donors (Lipinski definition) is 0. The second-order valence-electron chi connectivity index (χ2n) is 7.88. The molecule has 1 aliphatic rings. The Kier molecular flexibility index (Phi) is 5.93. The Balaban J connectivity index is 1.41. The molecule has 1 aliphatic heterocycles. The smallest absolute Gasteiger partial charge is 0.257 e. The van der Waals surface area contributed by atoms with E-state index in [0.717, 1.165) is 16.7 Å². The number of sulfonamides is 1. The Bertz CT molecular complexity index is 1180. The Morgan fingerprint density at radius 2 is 1.71 bits per heavy atom. The number of hydrogen-bond acceptors (Lipinski definition) is 4. The predicted molar refractivity (Wildman–Crippen MR) is 118 cm³/mol. The average molecular weight is 439 g/mol. The molecule has 1 fully saturated rings. The Morgan fingerprint density at radius 1 is 1.00 bits per heavy atom. The molecule has 2 heterocycles. The van der Waals surface area contributed by atoms with Crippen molar-refractivity contribution in [3.63, 3.8) is 0 Å². The molecule has 1 aromatic heterocycles. The first kappa shape index (κ1) is 21.3. The van der Waals surface area contributed by atoms with E-state index in [4.69, 9.17) is 0 Å². The van der Waals surface area contributed by atoms with Gasteiger partial charge in [0, 0.05) is 32.4 Å². The number of rotatable bonds is 5. The van der Waals surface area contributed by atoms with Crippen LogP contribution in [0.25, 0.3) is 0 Å². The summed E-state index contributed by atoms with van der Waals surface area (Å²) in [5.41, 5.74) is 3.26. The molecule has 0 saturated carbocycles. The summed E-state index contributed by atoms with van der Waals surface area (Å²) < 4.78 is 29.4. The van der Waals surface area contributed by atoms with Crippen LogP contribution >= 0.6 is 0 Å². The van der Waals surface area contributed by atoms with Crippen LogP contribution in [-0.4, -0.2) is 59.5 Å². The van der Waals surface area contributed by atoms with Gasteiger partial charge in [0.2, 0.25) is 10.0 Å². The van der Waals surface area contributed by atoms with Crippen LogP contribution in [0.3, 0.4) is 0 Å². The highest BCUT2D eigenvalue weighted by molar-refractivity contribution is 7.89. The maximum atomic E-state index is 13.1. The van der Waals surface area contributed by atoms with Gasteiger partial charge in [0.15, 0.2) is 0 Å². The monoisotopic (exact) mass is 438 g/mol. The summed E-state index contributed by atoms with van der Waals surface area (Å²) in [6.07, 6.45) is 3.32. The lowest BCUT2D eigenvalue weighted by Crippen LogP contribution is -2.50. The van der Waals surface area contributed by atoms with E-state index < -0.39 is 10.0 Å². The molecule has 31 heavy (non-hydrogen) atoms. The van der Waals surface area contributed by atoms with E-state index in [9.17, 15) is 13.2 Å². The topological polar surface area (TPSA) is 75.5 Å². The van der Waals surface area contributed by atoms with Crippen LogP contribution in [0.15, 0.2) is 65.8 Å². The van der Waals surface area contributed by atoms with E-state index in [0.29, 0.717) is 30.1 Å². The summed E-state index contributed by atoms with van der Waals surface area (Å²) >= 11 is 0. The molecule has 0 spiro atoms. The lowest BCUT2D eigenvalue weighted by atomic mass is 10.2. The van der Waals surface area contributed by atoms with Crippen LogP contribution in [0.2, 0.25) is 0 Å². The van der Waals surface area contributed by atoms with Crippen LogP contribution in [-0.2, 0) is 16.6 Å². The number of carbonyl (C=O) groups is 1. The highest BCUT2D eigenvalue weighted by Crippen LogP contribution is 2.23. The van der Waals surface area contributed by atoms with Crippen molar-refractivity contribution < 1.29 is 13.2 Å². The molecule has 2 aromatic carbocycles. The quantitative estimate of drug-likeness (QED) is 0.614. The third-order valence-corrected chi connectivity index (χ3v) is 7.60. The van der Waals surface area contributed by atoms with Crippen molar-refractivity contribution in [1.29, 1.82) is 0 Å². The normalized spacial score (nSPS) is 15.2. The first-order valence-corrected chi connectivity index (χ1v) is 11.7. The fourth-order valence-corrected chi connectivity index (χ4v) is 5.50. The Hall–Kier alpha value is -2.97. The summed E-state index contributed by atoms with van der Waals surface area (Å²) in [6.45, 7) is 5.54. The predicted octanol–water partition coefficient (Wildman–Crippen LogP) is 2.69. The van der Waals surface area contributed by atoms with Gasteiger partial charge in [-0.1, -0.05) is 42.5 Å². The fourth-order valence-electron chi connectivity index (χ4n) is 3.77. The third-order valence-electron chi connectivity index (χ3n) is 5.55. The maximum absolute atomic E-state index is 13.1. The number of piperazine rings is 1. The molecule has 0 unspecified atom stereocenters. The molecule has 0 aliphatic carbocycles. The molecule has 0 N–H and O–H groups in total. The number of amides is 1. The van der Waals surface area contributed by atoms with E-state index in [1.54, 1.807) is 35.0 Å². The van der Waals surface area contributed by atoms with Crippen molar-refractivity contribution in [2.45, 2.75) is 25.3 Å². The molecule has 0 atom stereocenters. The summed E-state index contributed by atoms with van der Waals surface area (Å²) in [4.78, 5) is 14.9. The Morgan fingerprint density at radius 3 is 2.42 bits per heavy atom. The zero-order chi connectivity index (χ0) is 22.0. The molecular formula is C23H26N4O3S. The second-order valence-corrected chi connectivity index (χ2v) is 9.78. The van der Waals surface area contributed by atoms with Gasteiger partial charge in [0.05, 0.1) is 23.2 Å². The lowest BCUT2D eigenvalue weighted by molar-refractivity contribution is 0.0697. The summed E-state index contributed by atoms with van der Waals surface area (Å²) in [5, 5.41) is 4.30. The number of carbonyl (C=O) groups excluding carboxylic acids is 1. The molecule has 3 aromatic rings. The van der Waals surface area contributed by atoms with Crippen molar-refractivity contribution in [3.05, 3.63) is 83.2 Å². The van der Waals surface area contributed by atoms with Gasteiger partial charge in [-0.05, 0) is 36.6 Å². The van der Waals surface area contributed by atoms with Gasteiger partial charge < -0.3 is 4.90 Å². The standard InChI is InChI=1S/C23H26N4O3S/c1-18-8-9-19(2)22(14-18)31(29,30)27-12-10-25(11-13-27)23(28)21-15-24-26(17-21)16-20-6-4-3-5-7-20/h3-9,14-15,17H,10-13,16H2,1-2H3. The SMILES string of the molecule is Cc1ccc(C)c(S(=O)(=O)N2CCN(C(=O)c3cnn(Cc4ccccc4)c3)CC2)c1. The van der Waals surface area contributed by atoms with Crippen LogP contribution in [0.1, 0.15) is 27.0 Å². The number of benzene rings is 2. The van der Waals surface area contributed by atoms with Crippen LogP contribution < -0.4 is 0 Å². The molecule has 0 bridgehead atoms. The zero-order valence-electron chi connectivity index (χ0n) is 17.7. The molecule has 0 radical (unpaired) electrons. The minimum Gasteiger partial charge on any atom is -0.336 e. The second kappa shape index (κ2) is 8.64. The average Bonchev–Trinajstić information content (AvgIpc) is 3.24. The van der Waals surface area contributed by atoms with E-state index in [2.05, 4.69) is 5.10 Å². The van der Waals surface area contributed by atoms with Crippen molar-refractivity contribution in [2.75, 3.05) is 26.2 Å². The van der Waals surface area contributed by atoms with Crippen molar-refractivity contribution in [3.8, 4) is 0 Å². The summed E-state index contributed by atoms with van der Waals surface area (Å²) in [7, 11) is -3.58. The molecule has 1 saturated heterocycles. The van der Waals surface area contributed by atoms with Gasteiger partial charge in [-0.3, -0.25) is 9.48 Å². The van der Waals surface area contributed by atoms with Crippen molar-refractivity contribution >= 4 is 15.9 Å². The third kappa shape index (κ3) is 4.55. The molecule has 7 nitrogen and oxygen atoms in total. The van der Waals surface area contributed by atoms with Crippen molar-refractivity contribution in [2.24, 2.45) is 0 Å². The zero-order valence-corrected chi connectivity index (χ0v) is 18.5. The van der Waals surface area contributed by atoms with Gasteiger partial charge in [-0.2, -0.15) is 9.40 Å². The van der Waals surface area contributed by atoms with Crippen LogP contribution in [0.5, 0.6) is 0 Å². The van der Waals surface area contributed by atoms with E-state index in [-0.39, 0.29) is 19.0 Å². The van der Waals surface area contributed by atoms with Crippen LogP contribution in [0, 0.1) is 13.8 Å². The van der Waals surface area contributed by atoms with Gasteiger partial charge in [0.1, 0.15) is 0 Å². The van der Waals surface area contributed by atoms with E-state index >= 15 is 0 Å². The number of aryl methyl sites for hydroxylation is 2. The number of aromatic nitrogens is 2. The minimum atomic E-state index is -3.58. The van der Waals surface area contributed by atoms with E-state index in [1.807, 2.05) is 49.4 Å². The van der Waals surface area contributed by atoms with Gasteiger partial charge >= 0.3 is 0 Å². The molecule has 8 heteroatoms. The highest BCUT2D eigenvalue weighted by atomic mass is 32.2. The lowest BCUT2D eigenvalue weighted by Gasteiger charge is -2.34. The number of nitrogens with zero attached hydrogens (tertiary/aromatic N) is 4. The van der Waals surface area contributed by atoms with Gasteiger partial charge in [-0.25, -0.2) is 8.42 Å². The fraction of sp³-hybridized carbons (Fsp3) is 0.304. The van der Waals surface area contributed by atoms with Gasteiger partial charge in [0.25, 0.3) is 5.91 Å². The molecule has 162 valence electrons. The van der Waals surface area contributed by atoms with Gasteiger partial charge in [-0.15, -0.1) is 0 Å². The summed E-state index contributed by atoms with van der Waals surface area (Å²) in [5.74, 6) is -0.122. The van der Waals surface area contributed by atoms with Crippen molar-refractivity contribution in [1.82, 2.24) is 19.0 Å². The molecular weight excluding hydrogens is 412 g/mol. The molecule has 4 rings (SSSR count). The Labute approximate surface area is 183 Å².